The van der Waals surface area contributed by atoms with E-state index in [4.69, 9.17) is 16.3 Å². The van der Waals surface area contributed by atoms with Gasteiger partial charge in [0.1, 0.15) is 10.7 Å². The fraction of sp³-hybridized carbons (Fsp3) is 0.632. The summed E-state index contributed by atoms with van der Waals surface area (Å²) < 4.78 is 7.91. The topological polar surface area (TPSA) is 69.0 Å². The number of hydrogen-bond donors (Lipinski definition) is 1. The van der Waals surface area contributed by atoms with Gasteiger partial charge in [-0.05, 0) is 62.5 Å². The molecular formula is C19H23ClN4O2. The van der Waals surface area contributed by atoms with Gasteiger partial charge in [-0.1, -0.05) is 11.6 Å². The number of halogens is 1. The number of amides is 1. The highest BCUT2D eigenvalue weighted by Crippen LogP contribution is 2.52. The SMILES string of the molecule is O=C(CCO[C@@H]1C[C@@H]2C[C@@H]2C1)Nc1nc2ccc(Cl)nc2n1C1CCC1. The van der Waals surface area contributed by atoms with Gasteiger partial charge in [0, 0.05) is 6.04 Å². The Labute approximate surface area is 157 Å². The van der Waals surface area contributed by atoms with E-state index in [0.29, 0.717) is 36.3 Å². The molecule has 0 saturated heterocycles. The van der Waals surface area contributed by atoms with E-state index >= 15 is 0 Å². The molecule has 1 N–H and O–H groups in total. The maximum atomic E-state index is 12.4. The van der Waals surface area contributed by atoms with Crippen molar-refractivity contribution in [3.05, 3.63) is 17.3 Å². The Morgan fingerprint density at radius 1 is 1.23 bits per heavy atom. The van der Waals surface area contributed by atoms with Gasteiger partial charge in [0.05, 0.1) is 19.1 Å². The lowest BCUT2D eigenvalue weighted by Crippen LogP contribution is -2.23. The summed E-state index contributed by atoms with van der Waals surface area (Å²) in [5, 5.41) is 3.40. The third-order valence-corrected chi connectivity index (χ3v) is 6.29. The number of anilines is 1. The number of fused-ring (bicyclic) bond motifs is 2. The third kappa shape index (κ3) is 3.09. The van der Waals surface area contributed by atoms with Gasteiger partial charge in [0.2, 0.25) is 11.9 Å². The van der Waals surface area contributed by atoms with Crippen molar-refractivity contribution in [1.29, 1.82) is 0 Å². The Kier molecular flexibility index (Phi) is 4.13. The number of rotatable bonds is 6. The van der Waals surface area contributed by atoms with Crippen molar-refractivity contribution in [3.8, 4) is 0 Å². The average molecular weight is 375 g/mol. The number of pyridine rings is 1. The summed E-state index contributed by atoms with van der Waals surface area (Å²) in [5.74, 6) is 2.31. The quantitative estimate of drug-likeness (QED) is 0.777. The molecule has 2 aromatic rings. The van der Waals surface area contributed by atoms with Crippen LogP contribution in [0.25, 0.3) is 11.2 Å². The first-order chi connectivity index (χ1) is 12.7. The lowest BCUT2D eigenvalue weighted by atomic mass is 9.93. The Hall–Kier alpha value is -1.66. The molecule has 6 nitrogen and oxygen atoms in total. The Morgan fingerprint density at radius 3 is 2.77 bits per heavy atom. The molecular weight excluding hydrogens is 352 g/mol. The molecule has 3 atom stereocenters. The Bertz CT molecular complexity index is 837. The summed E-state index contributed by atoms with van der Waals surface area (Å²) >= 11 is 6.06. The first kappa shape index (κ1) is 16.5. The predicted octanol–water partition coefficient (Wildman–Crippen LogP) is 3.95. The van der Waals surface area contributed by atoms with E-state index in [0.717, 1.165) is 35.8 Å². The molecule has 2 aromatic heterocycles. The summed E-state index contributed by atoms with van der Waals surface area (Å²) in [7, 11) is 0. The van der Waals surface area contributed by atoms with Crippen LogP contribution in [0.3, 0.4) is 0 Å². The van der Waals surface area contributed by atoms with Gasteiger partial charge in [-0.2, -0.15) is 0 Å². The van der Waals surface area contributed by atoms with Gasteiger partial charge in [0.15, 0.2) is 5.65 Å². The van der Waals surface area contributed by atoms with Crippen LogP contribution in [0.4, 0.5) is 5.95 Å². The molecule has 1 amide bonds. The van der Waals surface area contributed by atoms with Crippen molar-refractivity contribution in [2.24, 2.45) is 11.8 Å². The molecule has 0 bridgehead atoms. The predicted molar refractivity (Wildman–Crippen MR) is 99.2 cm³/mol. The fourth-order valence-electron chi connectivity index (χ4n) is 4.33. The number of nitrogens with one attached hydrogen (secondary N) is 1. The van der Waals surface area contributed by atoms with E-state index in [1.165, 1.54) is 25.7 Å². The minimum Gasteiger partial charge on any atom is -0.378 e. The highest BCUT2D eigenvalue weighted by Gasteiger charge is 2.46. The van der Waals surface area contributed by atoms with Crippen LogP contribution >= 0.6 is 11.6 Å². The van der Waals surface area contributed by atoms with E-state index in [1.807, 2.05) is 10.6 Å². The number of carbonyl (C=O) groups excluding carboxylic acids is 1. The van der Waals surface area contributed by atoms with Crippen molar-refractivity contribution < 1.29 is 9.53 Å². The zero-order chi connectivity index (χ0) is 17.7. The van der Waals surface area contributed by atoms with Crippen LogP contribution in [0.2, 0.25) is 5.15 Å². The first-order valence-corrected chi connectivity index (χ1v) is 10.0. The lowest BCUT2D eigenvalue weighted by Gasteiger charge is -2.28. The molecule has 3 aliphatic carbocycles. The average Bonchev–Trinajstić information content (AvgIpc) is 3.03. The molecule has 0 aliphatic heterocycles. The fourth-order valence-corrected chi connectivity index (χ4v) is 4.47. The first-order valence-electron chi connectivity index (χ1n) is 9.63. The monoisotopic (exact) mass is 374 g/mol. The summed E-state index contributed by atoms with van der Waals surface area (Å²) in [6, 6.07) is 3.92. The number of aromatic nitrogens is 3. The van der Waals surface area contributed by atoms with Crippen LogP contribution in [0.15, 0.2) is 12.1 Å². The molecule has 3 fully saturated rings. The maximum Gasteiger partial charge on any atom is 0.229 e. The summed E-state index contributed by atoms with van der Waals surface area (Å²) in [6.45, 7) is 0.476. The zero-order valence-corrected chi connectivity index (χ0v) is 15.4. The number of imidazole rings is 1. The van der Waals surface area contributed by atoms with Crippen LogP contribution in [0.1, 0.15) is 51.0 Å². The van der Waals surface area contributed by atoms with Gasteiger partial charge in [0.25, 0.3) is 0 Å². The normalized spacial score (nSPS) is 27.3. The van der Waals surface area contributed by atoms with Crippen molar-refractivity contribution in [2.45, 2.75) is 57.1 Å². The molecule has 26 heavy (non-hydrogen) atoms. The Balaban J connectivity index is 1.25. The zero-order valence-electron chi connectivity index (χ0n) is 14.7. The lowest BCUT2D eigenvalue weighted by molar-refractivity contribution is -0.117. The summed E-state index contributed by atoms with van der Waals surface area (Å²) in [6.07, 6.45) is 7.80. The minimum absolute atomic E-state index is 0.0601. The van der Waals surface area contributed by atoms with Crippen LogP contribution in [0, 0.1) is 11.8 Å². The van der Waals surface area contributed by atoms with Crippen molar-refractivity contribution in [2.75, 3.05) is 11.9 Å². The molecule has 3 saturated carbocycles. The second kappa shape index (κ2) is 6.50. The molecule has 5 rings (SSSR count). The van der Waals surface area contributed by atoms with Gasteiger partial charge >= 0.3 is 0 Å². The molecule has 3 aliphatic rings. The molecule has 0 unspecified atom stereocenters. The third-order valence-electron chi connectivity index (χ3n) is 6.08. The highest BCUT2D eigenvalue weighted by atomic mass is 35.5. The molecule has 7 heteroatoms. The molecule has 0 aromatic carbocycles. The van der Waals surface area contributed by atoms with Crippen molar-refractivity contribution in [3.63, 3.8) is 0 Å². The van der Waals surface area contributed by atoms with Crippen molar-refractivity contribution >= 4 is 34.6 Å². The van der Waals surface area contributed by atoms with Crippen LogP contribution < -0.4 is 5.32 Å². The highest BCUT2D eigenvalue weighted by molar-refractivity contribution is 6.29. The number of nitrogens with zero attached hydrogens (tertiary/aromatic N) is 3. The summed E-state index contributed by atoms with van der Waals surface area (Å²) in [4.78, 5) is 21.4. The smallest absolute Gasteiger partial charge is 0.229 e. The second-order valence-corrected chi connectivity index (χ2v) is 8.27. The summed E-state index contributed by atoms with van der Waals surface area (Å²) in [5.41, 5.74) is 1.51. The van der Waals surface area contributed by atoms with E-state index < -0.39 is 0 Å². The second-order valence-electron chi connectivity index (χ2n) is 7.89. The van der Waals surface area contributed by atoms with E-state index in [1.54, 1.807) is 6.07 Å². The van der Waals surface area contributed by atoms with Gasteiger partial charge in [-0.15, -0.1) is 0 Å². The van der Waals surface area contributed by atoms with E-state index in [-0.39, 0.29) is 5.91 Å². The van der Waals surface area contributed by atoms with Gasteiger partial charge in [-0.25, -0.2) is 9.97 Å². The van der Waals surface area contributed by atoms with Gasteiger partial charge in [-0.3, -0.25) is 14.7 Å². The molecule has 0 spiro atoms. The Morgan fingerprint density at radius 2 is 2.04 bits per heavy atom. The number of hydrogen-bond acceptors (Lipinski definition) is 4. The van der Waals surface area contributed by atoms with Crippen LogP contribution in [0.5, 0.6) is 0 Å². The van der Waals surface area contributed by atoms with Gasteiger partial charge < -0.3 is 4.74 Å². The maximum absolute atomic E-state index is 12.4. The number of ether oxygens (including phenoxy) is 1. The molecule has 0 radical (unpaired) electrons. The largest absolute Gasteiger partial charge is 0.378 e. The number of carbonyl (C=O) groups is 1. The minimum atomic E-state index is -0.0601. The van der Waals surface area contributed by atoms with E-state index in [9.17, 15) is 4.79 Å². The van der Waals surface area contributed by atoms with Crippen LogP contribution in [-0.4, -0.2) is 33.2 Å². The van der Waals surface area contributed by atoms with Crippen molar-refractivity contribution in [1.82, 2.24) is 14.5 Å². The van der Waals surface area contributed by atoms with Crippen LogP contribution in [-0.2, 0) is 9.53 Å². The standard InChI is InChI=1S/C19H23ClN4O2/c20-16-5-4-15-18(22-16)24(13-2-1-3-13)19(21-15)23-17(25)6-7-26-14-9-11-8-12(11)10-14/h4-5,11-14H,1-3,6-10H2,(H,21,23,25)/t11-,12+,14+. The van der Waals surface area contributed by atoms with E-state index in [2.05, 4.69) is 15.3 Å². The molecule has 2 heterocycles. The molecule has 138 valence electrons.